The molecule has 0 aromatic heterocycles. The van der Waals surface area contributed by atoms with Crippen molar-refractivity contribution < 1.29 is 9.13 Å². The summed E-state index contributed by atoms with van der Waals surface area (Å²) in [6, 6.07) is 9.02. The van der Waals surface area contributed by atoms with Crippen molar-refractivity contribution in [3.63, 3.8) is 0 Å². The lowest BCUT2D eigenvalue weighted by atomic mass is 9.97. The largest absolute Gasteiger partial charge is 0.496 e. The predicted molar refractivity (Wildman–Crippen MR) is 75.8 cm³/mol. The topological polar surface area (TPSA) is 35.2 Å². The lowest BCUT2D eigenvalue weighted by Crippen LogP contribution is -2.00. The molecule has 0 aliphatic rings. The van der Waals surface area contributed by atoms with Gasteiger partial charge in [-0.2, -0.15) is 0 Å². The SMILES string of the molecule is COc1c(-c2ccc(F)c(CN)c2)ccc(C)c1C. The van der Waals surface area contributed by atoms with Crippen LogP contribution in [0, 0.1) is 19.7 Å². The van der Waals surface area contributed by atoms with Crippen molar-refractivity contribution in [2.45, 2.75) is 20.4 Å². The molecule has 100 valence electrons. The number of benzene rings is 2. The average molecular weight is 259 g/mol. The highest BCUT2D eigenvalue weighted by Crippen LogP contribution is 2.35. The summed E-state index contributed by atoms with van der Waals surface area (Å²) in [7, 11) is 1.65. The third-order valence-electron chi connectivity index (χ3n) is 3.46. The van der Waals surface area contributed by atoms with E-state index in [1.807, 2.05) is 26.0 Å². The van der Waals surface area contributed by atoms with Crippen LogP contribution in [0.5, 0.6) is 5.75 Å². The molecular weight excluding hydrogens is 241 g/mol. The first-order valence-corrected chi connectivity index (χ1v) is 6.21. The van der Waals surface area contributed by atoms with Gasteiger partial charge in [-0.25, -0.2) is 4.39 Å². The zero-order valence-electron chi connectivity index (χ0n) is 11.5. The monoisotopic (exact) mass is 259 g/mol. The van der Waals surface area contributed by atoms with Crippen molar-refractivity contribution in [3.05, 3.63) is 52.8 Å². The second-order valence-corrected chi connectivity index (χ2v) is 4.60. The maximum Gasteiger partial charge on any atom is 0.129 e. The van der Waals surface area contributed by atoms with E-state index in [4.69, 9.17) is 10.5 Å². The zero-order chi connectivity index (χ0) is 14.0. The number of halogens is 1. The molecule has 0 unspecified atom stereocenters. The molecule has 0 atom stereocenters. The normalized spacial score (nSPS) is 10.6. The number of hydrogen-bond acceptors (Lipinski definition) is 2. The number of methoxy groups -OCH3 is 1. The van der Waals surface area contributed by atoms with Crippen molar-refractivity contribution in [1.82, 2.24) is 0 Å². The molecule has 2 N–H and O–H groups in total. The highest BCUT2D eigenvalue weighted by atomic mass is 19.1. The van der Waals surface area contributed by atoms with E-state index in [0.717, 1.165) is 22.4 Å². The van der Waals surface area contributed by atoms with Gasteiger partial charge in [0.2, 0.25) is 0 Å². The highest BCUT2D eigenvalue weighted by molar-refractivity contribution is 5.73. The fourth-order valence-corrected chi connectivity index (χ4v) is 2.18. The van der Waals surface area contributed by atoms with Crippen LogP contribution < -0.4 is 10.5 Å². The first-order chi connectivity index (χ1) is 9.08. The van der Waals surface area contributed by atoms with Crippen molar-refractivity contribution in [1.29, 1.82) is 0 Å². The van der Waals surface area contributed by atoms with E-state index in [1.54, 1.807) is 19.2 Å². The second-order valence-electron chi connectivity index (χ2n) is 4.60. The van der Waals surface area contributed by atoms with Gasteiger partial charge < -0.3 is 10.5 Å². The van der Waals surface area contributed by atoms with Gasteiger partial charge >= 0.3 is 0 Å². The standard InChI is InChI=1S/C16H18FNO/c1-10-4-6-14(16(19-3)11(10)2)12-5-7-15(17)13(8-12)9-18/h4-8H,9,18H2,1-3H3. The number of rotatable bonds is 3. The maximum atomic E-state index is 13.5. The van der Waals surface area contributed by atoms with E-state index in [2.05, 4.69) is 0 Å². The van der Waals surface area contributed by atoms with Crippen LogP contribution in [0.15, 0.2) is 30.3 Å². The quantitative estimate of drug-likeness (QED) is 0.914. The van der Waals surface area contributed by atoms with Crippen molar-refractivity contribution >= 4 is 0 Å². The molecule has 2 rings (SSSR count). The van der Waals surface area contributed by atoms with Crippen LogP contribution in [0.3, 0.4) is 0 Å². The minimum Gasteiger partial charge on any atom is -0.496 e. The molecule has 0 fully saturated rings. The van der Waals surface area contributed by atoms with Gasteiger partial charge in [0.15, 0.2) is 0 Å². The van der Waals surface area contributed by atoms with Gasteiger partial charge in [0.05, 0.1) is 7.11 Å². The Labute approximate surface area is 113 Å². The van der Waals surface area contributed by atoms with E-state index in [9.17, 15) is 4.39 Å². The Balaban J connectivity index is 2.62. The van der Waals surface area contributed by atoms with Crippen LogP contribution in [-0.4, -0.2) is 7.11 Å². The lowest BCUT2D eigenvalue weighted by molar-refractivity contribution is 0.413. The molecule has 0 radical (unpaired) electrons. The maximum absolute atomic E-state index is 13.5. The summed E-state index contributed by atoms with van der Waals surface area (Å²) in [6.07, 6.45) is 0. The highest BCUT2D eigenvalue weighted by Gasteiger charge is 2.12. The van der Waals surface area contributed by atoms with Crippen molar-refractivity contribution in [3.8, 4) is 16.9 Å². The summed E-state index contributed by atoms with van der Waals surface area (Å²) in [5, 5.41) is 0. The van der Waals surface area contributed by atoms with Crippen LogP contribution in [0.25, 0.3) is 11.1 Å². The zero-order valence-corrected chi connectivity index (χ0v) is 11.5. The molecular formula is C16H18FNO. The van der Waals surface area contributed by atoms with E-state index in [-0.39, 0.29) is 12.4 Å². The van der Waals surface area contributed by atoms with E-state index < -0.39 is 0 Å². The van der Waals surface area contributed by atoms with Crippen LogP contribution in [0.1, 0.15) is 16.7 Å². The van der Waals surface area contributed by atoms with Gasteiger partial charge in [-0.3, -0.25) is 0 Å². The van der Waals surface area contributed by atoms with Gasteiger partial charge in [-0.1, -0.05) is 18.2 Å². The van der Waals surface area contributed by atoms with E-state index in [0.29, 0.717) is 5.56 Å². The van der Waals surface area contributed by atoms with Crippen molar-refractivity contribution in [2.75, 3.05) is 7.11 Å². The first-order valence-electron chi connectivity index (χ1n) is 6.21. The van der Waals surface area contributed by atoms with E-state index in [1.165, 1.54) is 11.6 Å². The fraction of sp³-hybridized carbons (Fsp3) is 0.250. The molecule has 0 saturated carbocycles. The summed E-state index contributed by atoms with van der Waals surface area (Å²) in [5.74, 6) is 0.559. The minimum atomic E-state index is -0.269. The Bertz CT molecular complexity index is 608. The van der Waals surface area contributed by atoms with E-state index >= 15 is 0 Å². The molecule has 0 bridgehead atoms. The molecule has 2 nitrogen and oxygen atoms in total. The Morgan fingerprint density at radius 1 is 1.16 bits per heavy atom. The summed E-state index contributed by atoms with van der Waals surface area (Å²) in [4.78, 5) is 0. The van der Waals surface area contributed by atoms with Crippen molar-refractivity contribution in [2.24, 2.45) is 5.73 Å². The fourth-order valence-electron chi connectivity index (χ4n) is 2.18. The Morgan fingerprint density at radius 2 is 1.89 bits per heavy atom. The molecule has 19 heavy (non-hydrogen) atoms. The summed E-state index contributed by atoms with van der Waals surface area (Å²) < 4.78 is 19.0. The summed E-state index contributed by atoms with van der Waals surface area (Å²) in [5.41, 5.74) is 10.2. The van der Waals surface area contributed by atoms with Gasteiger partial charge in [0.25, 0.3) is 0 Å². The van der Waals surface area contributed by atoms with Crippen LogP contribution in [0.4, 0.5) is 4.39 Å². The number of aryl methyl sites for hydroxylation is 1. The predicted octanol–water partition coefficient (Wildman–Crippen LogP) is 3.58. The third kappa shape index (κ3) is 2.47. The minimum absolute atomic E-state index is 0.187. The molecule has 3 heteroatoms. The smallest absolute Gasteiger partial charge is 0.129 e. The summed E-state index contributed by atoms with van der Waals surface area (Å²) in [6.45, 7) is 4.25. The molecule has 0 aliphatic carbocycles. The molecule has 0 spiro atoms. The van der Waals surface area contributed by atoms with Crippen LogP contribution in [0.2, 0.25) is 0 Å². The Hall–Kier alpha value is -1.87. The Morgan fingerprint density at radius 3 is 2.53 bits per heavy atom. The first kappa shape index (κ1) is 13.6. The molecule has 0 amide bonds. The number of nitrogens with two attached hydrogens (primary N) is 1. The van der Waals surface area contributed by atoms with Crippen LogP contribution in [-0.2, 0) is 6.54 Å². The Kier molecular flexibility index (Phi) is 3.86. The summed E-state index contributed by atoms with van der Waals surface area (Å²) >= 11 is 0. The molecule has 0 aliphatic heterocycles. The lowest BCUT2D eigenvalue weighted by Gasteiger charge is -2.14. The second kappa shape index (κ2) is 5.41. The van der Waals surface area contributed by atoms with Gasteiger partial charge in [-0.15, -0.1) is 0 Å². The molecule has 2 aromatic carbocycles. The molecule has 2 aromatic rings. The number of ether oxygens (including phenoxy) is 1. The number of hydrogen-bond donors (Lipinski definition) is 1. The third-order valence-corrected chi connectivity index (χ3v) is 3.46. The van der Waals surface area contributed by atoms with Gasteiger partial charge in [0, 0.05) is 17.7 Å². The molecule has 0 heterocycles. The van der Waals surface area contributed by atoms with Crippen LogP contribution >= 0.6 is 0 Å². The van der Waals surface area contributed by atoms with Gasteiger partial charge in [0.1, 0.15) is 11.6 Å². The average Bonchev–Trinajstić information content (AvgIpc) is 2.42. The molecule has 0 saturated heterocycles. The van der Waals surface area contributed by atoms with Gasteiger partial charge in [-0.05, 0) is 42.7 Å².